The summed E-state index contributed by atoms with van der Waals surface area (Å²) < 4.78 is 0. The van der Waals surface area contributed by atoms with Gasteiger partial charge in [0.05, 0.1) is 12.1 Å². The van der Waals surface area contributed by atoms with Gasteiger partial charge in [0, 0.05) is 40.5 Å². The fourth-order valence-electron chi connectivity index (χ4n) is 4.51. The molecule has 5 atom stereocenters. The van der Waals surface area contributed by atoms with Crippen molar-refractivity contribution in [1.82, 2.24) is 10.2 Å². The lowest BCUT2D eigenvalue weighted by atomic mass is 9.84. The second-order valence-electron chi connectivity index (χ2n) is 7.76. The van der Waals surface area contributed by atoms with Gasteiger partial charge in [0.25, 0.3) is 0 Å². The maximum Gasteiger partial charge on any atom is 0.399 e. The van der Waals surface area contributed by atoms with Gasteiger partial charge >= 0.3 is 5.91 Å². The lowest BCUT2D eigenvalue weighted by molar-refractivity contribution is -0.141. The number of allylic oxidation sites excluding steroid dienone is 3. The molecule has 3 heterocycles. The second kappa shape index (κ2) is 7.60. The number of β-lactam (4-membered cyclic amide) rings is 1. The summed E-state index contributed by atoms with van der Waals surface area (Å²) in [5.74, 6) is 1.87. The fourth-order valence-corrected chi connectivity index (χ4v) is 7.02. The number of nitrogens with two attached hydrogens (primary N) is 1. The lowest BCUT2D eigenvalue weighted by Gasteiger charge is -2.37. The Kier molecular flexibility index (Phi) is 5.36. The molecule has 144 valence electrons. The summed E-state index contributed by atoms with van der Waals surface area (Å²) in [6.07, 6.45) is 7.26. The average Bonchev–Trinajstić information content (AvgIpc) is 3.21. The summed E-state index contributed by atoms with van der Waals surface area (Å²) in [7, 11) is 0. The molecule has 1 aliphatic carbocycles. The Hall–Kier alpha value is -1.31. The van der Waals surface area contributed by atoms with Crippen LogP contribution in [0.4, 0.5) is 0 Å². The SMILES string of the molecule is [CH2+]C(=O)NCC1C=C(C2C=CSC2)CC(SC2=C(C)N3C(=O)CC3C2N)C1. The summed E-state index contributed by atoms with van der Waals surface area (Å²) in [6, 6.07) is 0.107. The molecule has 0 radical (unpaired) electrons. The summed E-state index contributed by atoms with van der Waals surface area (Å²) in [5.41, 5.74) is 8.97. The Morgan fingerprint density at radius 3 is 2.93 bits per heavy atom. The summed E-state index contributed by atoms with van der Waals surface area (Å²) in [4.78, 5) is 26.2. The molecule has 0 spiro atoms. The quantitative estimate of drug-likeness (QED) is 0.418. The third kappa shape index (κ3) is 3.69. The zero-order valence-corrected chi connectivity index (χ0v) is 17.2. The lowest BCUT2D eigenvalue weighted by Crippen LogP contribution is -2.54. The molecule has 1 saturated heterocycles. The zero-order valence-electron chi connectivity index (χ0n) is 15.5. The highest BCUT2D eigenvalue weighted by Gasteiger charge is 2.49. The molecule has 4 rings (SSSR count). The molecule has 2 amide bonds. The number of carbonyl (C=O) groups is 2. The van der Waals surface area contributed by atoms with Crippen molar-refractivity contribution in [2.24, 2.45) is 17.6 Å². The van der Waals surface area contributed by atoms with E-state index in [0.717, 1.165) is 24.3 Å². The van der Waals surface area contributed by atoms with Crippen LogP contribution in [0.1, 0.15) is 26.2 Å². The van der Waals surface area contributed by atoms with Crippen molar-refractivity contribution in [1.29, 1.82) is 0 Å². The molecule has 0 bridgehead atoms. The highest BCUT2D eigenvalue weighted by Crippen LogP contribution is 2.47. The van der Waals surface area contributed by atoms with Crippen LogP contribution < -0.4 is 11.1 Å². The van der Waals surface area contributed by atoms with Crippen LogP contribution in [0.5, 0.6) is 0 Å². The molecule has 4 aliphatic rings. The highest BCUT2D eigenvalue weighted by molar-refractivity contribution is 8.03. The number of nitrogens with one attached hydrogen (secondary N) is 1. The largest absolute Gasteiger partial charge is 0.399 e. The Morgan fingerprint density at radius 2 is 2.30 bits per heavy atom. The average molecular weight is 405 g/mol. The molecule has 5 unspecified atom stereocenters. The molecule has 0 aromatic rings. The molecule has 3 N–H and O–H groups in total. The van der Waals surface area contributed by atoms with E-state index in [4.69, 9.17) is 5.73 Å². The van der Waals surface area contributed by atoms with Crippen LogP contribution in [-0.2, 0) is 9.59 Å². The predicted octanol–water partition coefficient (Wildman–Crippen LogP) is 2.42. The van der Waals surface area contributed by atoms with Gasteiger partial charge in [-0.2, -0.15) is 0 Å². The van der Waals surface area contributed by atoms with E-state index in [0.29, 0.717) is 30.1 Å². The second-order valence-corrected chi connectivity index (χ2v) is 10.0. The van der Waals surface area contributed by atoms with Crippen molar-refractivity contribution in [2.75, 3.05) is 12.3 Å². The number of thioether (sulfide) groups is 2. The maximum absolute atomic E-state index is 11.9. The van der Waals surface area contributed by atoms with Crippen LogP contribution in [0, 0.1) is 18.8 Å². The third-order valence-corrected chi connectivity index (χ3v) is 8.33. The Bertz CT molecular complexity index is 746. The normalized spacial score (nSPS) is 35.2. The van der Waals surface area contributed by atoms with Crippen molar-refractivity contribution in [3.63, 3.8) is 0 Å². The first-order valence-corrected chi connectivity index (χ1v) is 11.4. The Labute approximate surface area is 169 Å². The van der Waals surface area contributed by atoms with Gasteiger partial charge in [-0.3, -0.25) is 4.79 Å². The zero-order chi connectivity index (χ0) is 19.1. The number of carbonyl (C=O) groups excluding carboxylic acids is 2. The van der Waals surface area contributed by atoms with Gasteiger partial charge in [-0.25, -0.2) is 4.79 Å². The Morgan fingerprint density at radius 1 is 1.48 bits per heavy atom. The molecule has 0 aromatic heterocycles. The molecule has 0 aromatic carbocycles. The molecule has 1 fully saturated rings. The van der Waals surface area contributed by atoms with Crippen LogP contribution in [-0.4, -0.2) is 46.3 Å². The number of rotatable bonds is 5. The van der Waals surface area contributed by atoms with Gasteiger partial charge < -0.3 is 16.0 Å². The molecule has 3 aliphatic heterocycles. The topological polar surface area (TPSA) is 75.4 Å². The van der Waals surface area contributed by atoms with Gasteiger partial charge in [0.2, 0.25) is 5.91 Å². The summed E-state index contributed by atoms with van der Waals surface area (Å²) >= 11 is 3.71. The van der Waals surface area contributed by atoms with E-state index in [1.54, 1.807) is 0 Å². The standard InChI is InChI=1S/C20H25N3O2S2/c1-11-20(19(21)17-8-18(25)23(11)17)27-16-6-13(9-22-12(2)24)5-15(7-16)14-3-4-26-10-14/h3-5,13-14,16-17,19H,2,6-10,21H2,1H3/p+1. The molecule has 27 heavy (non-hydrogen) atoms. The van der Waals surface area contributed by atoms with Gasteiger partial charge in [0.15, 0.2) is 6.92 Å². The Balaban J connectivity index is 1.49. The molecule has 7 heteroatoms. The van der Waals surface area contributed by atoms with Crippen LogP contribution in [0.3, 0.4) is 0 Å². The first kappa shape index (κ1) is 19.0. The van der Waals surface area contributed by atoms with Crippen molar-refractivity contribution < 1.29 is 9.59 Å². The first-order valence-electron chi connectivity index (χ1n) is 9.47. The van der Waals surface area contributed by atoms with Crippen molar-refractivity contribution in [2.45, 2.75) is 43.5 Å². The number of hydrogen-bond acceptors (Lipinski definition) is 5. The smallest absolute Gasteiger partial charge is 0.322 e. The van der Waals surface area contributed by atoms with Crippen molar-refractivity contribution in [3.05, 3.63) is 40.7 Å². The minimum Gasteiger partial charge on any atom is -0.322 e. The molecule has 0 saturated carbocycles. The van der Waals surface area contributed by atoms with Crippen molar-refractivity contribution in [3.8, 4) is 0 Å². The summed E-state index contributed by atoms with van der Waals surface area (Å²) in [6.45, 7) is 6.07. The van der Waals surface area contributed by atoms with E-state index in [2.05, 4.69) is 29.8 Å². The van der Waals surface area contributed by atoms with E-state index in [9.17, 15) is 9.59 Å². The number of nitrogens with zero attached hydrogens (tertiary/aromatic N) is 1. The monoisotopic (exact) mass is 404 g/mol. The minimum atomic E-state index is -0.227. The maximum atomic E-state index is 11.9. The van der Waals surface area contributed by atoms with E-state index >= 15 is 0 Å². The third-order valence-electron chi connectivity index (χ3n) is 5.91. The van der Waals surface area contributed by atoms with E-state index < -0.39 is 0 Å². The fraction of sp³-hybridized carbons (Fsp3) is 0.550. The number of amides is 2. The van der Waals surface area contributed by atoms with Crippen LogP contribution in [0.15, 0.2) is 33.7 Å². The van der Waals surface area contributed by atoms with E-state index in [-0.39, 0.29) is 23.9 Å². The molecular weight excluding hydrogens is 378 g/mol. The van der Waals surface area contributed by atoms with Crippen LogP contribution in [0.25, 0.3) is 0 Å². The van der Waals surface area contributed by atoms with Crippen molar-refractivity contribution >= 4 is 35.3 Å². The van der Waals surface area contributed by atoms with Crippen LogP contribution >= 0.6 is 23.5 Å². The first-order chi connectivity index (χ1) is 12.9. The highest BCUT2D eigenvalue weighted by atomic mass is 32.2. The number of hydrogen-bond donors (Lipinski definition) is 2. The van der Waals surface area contributed by atoms with Gasteiger partial charge in [-0.15, -0.1) is 23.5 Å². The van der Waals surface area contributed by atoms with Gasteiger partial charge in [-0.1, -0.05) is 17.7 Å². The van der Waals surface area contributed by atoms with Gasteiger partial charge in [0.1, 0.15) is 0 Å². The van der Waals surface area contributed by atoms with Crippen LogP contribution in [0.2, 0.25) is 0 Å². The van der Waals surface area contributed by atoms with Gasteiger partial charge in [-0.05, 0) is 31.1 Å². The minimum absolute atomic E-state index is 0.0537. The molecule has 5 nitrogen and oxygen atoms in total. The van der Waals surface area contributed by atoms with E-state index in [1.165, 1.54) is 10.5 Å². The van der Waals surface area contributed by atoms with E-state index in [1.807, 2.05) is 35.3 Å². The predicted molar refractivity (Wildman–Crippen MR) is 112 cm³/mol. The summed E-state index contributed by atoms with van der Waals surface area (Å²) in [5, 5.41) is 5.47. The number of fused-ring (bicyclic) bond motifs is 1. The molecular formula is C20H26N3O2S2+.